The normalized spacial score (nSPS) is 13.7. The molecule has 1 rings (SSSR count). The molecule has 0 saturated heterocycles. The first-order valence-electron chi connectivity index (χ1n) is 6.65. The predicted octanol–water partition coefficient (Wildman–Crippen LogP) is 3.23. The molecule has 0 bridgehead atoms. The third kappa shape index (κ3) is 4.24. The van der Waals surface area contributed by atoms with Crippen LogP contribution in [0, 0.1) is 0 Å². The van der Waals surface area contributed by atoms with Gasteiger partial charge in [0.15, 0.2) is 0 Å². The summed E-state index contributed by atoms with van der Waals surface area (Å²) in [6.45, 7) is 6.46. The summed E-state index contributed by atoms with van der Waals surface area (Å²) in [5.74, 6) is 0.671. The molecule has 0 unspecified atom stereocenters. The highest BCUT2D eigenvalue weighted by molar-refractivity contribution is 5.97. The van der Waals surface area contributed by atoms with E-state index in [1.165, 1.54) is 0 Å². The van der Waals surface area contributed by atoms with Crippen LogP contribution in [0.4, 0.5) is 5.69 Å². The molecule has 1 aromatic rings. The zero-order chi connectivity index (χ0) is 14.3. The van der Waals surface area contributed by atoms with Crippen LogP contribution in [0.5, 0.6) is 5.75 Å². The van der Waals surface area contributed by atoms with Gasteiger partial charge in [-0.3, -0.25) is 4.79 Å². The fraction of sp³-hybridized carbons (Fsp3) is 0.533. The second-order valence-corrected chi connectivity index (χ2v) is 4.62. The Morgan fingerprint density at radius 2 is 1.89 bits per heavy atom. The van der Waals surface area contributed by atoms with Gasteiger partial charge in [0.2, 0.25) is 0 Å². The topological polar surface area (TPSA) is 47.6 Å². The summed E-state index contributed by atoms with van der Waals surface area (Å²) in [4.78, 5) is 12.1. The van der Waals surface area contributed by atoms with E-state index in [9.17, 15) is 4.79 Å². The van der Waals surface area contributed by atoms with E-state index >= 15 is 0 Å². The number of carbonyl (C=O) groups is 1. The summed E-state index contributed by atoms with van der Waals surface area (Å²) >= 11 is 0. The number of hydrogen-bond donors (Lipinski definition) is 1. The van der Waals surface area contributed by atoms with E-state index in [1.807, 2.05) is 31.2 Å². The van der Waals surface area contributed by atoms with Crippen molar-refractivity contribution in [2.75, 3.05) is 19.0 Å². The quantitative estimate of drug-likeness (QED) is 0.823. The molecule has 1 N–H and O–H groups in total. The average molecular weight is 265 g/mol. The zero-order valence-corrected chi connectivity index (χ0v) is 12.2. The van der Waals surface area contributed by atoms with E-state index in [0.29, 0.717) is 13.0 Å². The van der Waals surface area contributed by atoms with Crippen LogP contribution in [0.25, 0.3) is 0 Å². The molecule has 4 heteroatoms. The molecule has 0 aromatic heterocycles. The van der Waals surface area contributed by atoms with Crippen molar-refractivity contribution in [3.8, 4) is 5.75 Å². The van der Waals surface area contributed by atoms with Crippen LogP contribution < -0.4 is 10.1 Å². The van der Waals surface area contributed by atoms with Gasteiger partial charge < -0.3 is 14.8 Å². The molecule has 0 radical (unpaired) electrons. The van der Waals surface area contributed by atoms with Crippen LogP contribution in [0.1, 0.15) is 33.6 Å². The first-order chi connectivity index (χ1) is 9.05. The number of nitrogens with one attached hydrogen (secondary N) is 1. The number of hydrogen-bond acceptors (Lipinski definition) is 3. The number of rotatable bonds is 7. The molecule has 0 heterocycles. The first kappa shape index (κ1) is 15.5. The Bertz CT molecular complexity index is 396. The lowest BCUT2D eigenvalue weighted by Crippen LogP contribution is -2.41. The third-order valence-corrected chi connectivity index (χ3v) is 3.19. The molecule has 1 amide bonds. The number of amides is 1. The van der Waals surface area contributed by atoms with Crippen LogP contribution in [-0.2, 0) is 9.53 Å². The van der Waals surface area contributed by atoms with Gasteiger partial charge in [-0.05, 0) is 44.0 Å². The second-order valence-electron chi connectivity index (χ2n) is 4.62. The maximum absolute atomic E-state index is 12.1. The summed E-state index contributed by atoms with van der Waals surface area (Å²) in [5.41, 5.74) is -0.0530. The van der Waals surface area contributed by atoms with Crippen LogP contribution in [-0.4, -0.2) is 25.2 Å². The summed E-state index contributed by atoms with van der Waals surface area (Å²) in [6.07, 6.45) is 1.59. The van der Waals surface area contributed by atoms with Gasteiger partial charge in [0.1, 0.15) is 11.4 Å². The molecule has 0 fully saturated rings. The van der Waals surface area contributed by atoms with Crippen LogP contribution in [0.3, 0.4) is 0 Å². The first-order valence-corrected chi connectivity index (χ1v) is 6.65. The highest BCUT2D eigenvalue weighted by atomic mass is 16.5. The SMILES string of the molecule is CCCOc1ccc(NC(=O)[C@](C)(CC)OC)cc1. The van der Waals surface area contributed by atoms with Gasteiger partial charge in [-0.2, -0.15) is 0 Å². The van der Waals surface area contributed by atoms with Gasteiger partial charge >= 0.3 is 0 Å². The van der Waals surface area contributed by atoms with Crippen molar-refractivity contribution in [3.05, 3.63) is 24.3 Å². The van der Waals surface area contributed by atoms with Crippen molar-refractivity contribution >= 4 is 11.6 Å². The Kier molecular flexibility index (Phi) is 5.83. The Balaban J connectivity index is 2.65. The van der Waals surface area contributed by atoms with Crippen LogP contribution >= 0.6 is 0 Å². The van der Waals surface area contributed by atoms with Crippen molar-refractivity contribution in [2.24, 2.45) is 0 Å². The van der Waals surface area contributed by atoms with Gasteiger partial charge in [0.05, 0.1) is 6.61 Å². The van der Waals surface area contributed by atoms with E-state index in [1.54, 1.807) is 14.0 Å². The molecule has 0 aliphatic rings. The Morgan fingerprint density at radius 1 is 1.26 bits per heavy atom. The minimum absolute atomic E-state index is 0.139. The van der Waals surface area contributed by atoms with Crippen molar-refractivity contribution < 1.29 is 14.3 Å². The van der Waals surface area contributed by atoms with E-state index in [-0.39, 0.29) is 5.91 Å². The summed E-state index contributed by atoms with van der Waals surface area (Å²) < 4.78 is 10.7. The Hall–Kier alpha value is -1.55. The average Bonchev–Trinajstić information content (AvgIpc) is 2.45. The van der Waals surface area contributed by atoms with Crippen LogP contribution in [0.15, 0.2) is 24.3 Å². The van der Waals surface area contributed by atoms with E-state index in [0.717, 1.165) is 17.9 Å². The molecular weight excluding hydrogens is 242 g/mol. The van der Waals surface area contributed by atoms with E-state index in [4.69, 9.17) is 9.47 Å². The number of benzene rings is 1. The number of ether oxygens (including phenoxy) is 2. The van der Waals surface area contributed by atoms with Crippen molar-refractivity contribution in [1.29, 1.82) is 0 Å². The third-order valence-electron chi connectivity index (χ3n) is 3.19. The number of methoxy groups -OCH3 is 1. The molecule has 0 saturated carbocycles. The lowest BCUT2D eigenvalue weighted by Gasteiger charge is -2.25. The van der Waals surface area contributed by atoms with E-state index < -0.39 is 5.60 Å². The van der Waals surface area contributed by atoms with E-state index in [2.05, 4.69) is 12.2 Å². The number of carbonyl (C=O) groups excluding carboxylic acids is 1. The Labute approximate surface area is 115 Å². The Morgan fingerprint density at radius 3 is 2.37 bits per heavy atom. The highest BCUT2D eigenvalue weighted by Crippen LogP contribution is 2.20. The largest absolute Gasteiger partial charge is 0.494 e. The molecule has 1 atom stereocenters. The molecule has 19 heavy (non-hydrogen) atoms. The molecule has 1 aromatic carbocycles. The molecule has 106 valence electrons. The van der Waals surface area contributed by atoms with Gasteiger partial charge in [0.25, 0.3) is 5.91 Å². The van der Waals surface area contributed by atoms with Crippen molar-refractivity contribution in [2.45, 2.75) is 39.2 Å². The van der Waals surface area contributed by atoms with Crippen LogP contribution in [0.2, 0.25) is 0 Å². The van der Waals surface area contributed by atoms with Crippen molar-refractivity contribution in [1.82, 2.24) is 0 Å². The van der Waals surface area contributed by atoms with Gasteiger partial charge in [-0.15, -0.1) is 0 Å². The van der Waals surface area contributed by atoms with Gasteiger partial charge in [0, 0.05) is 12.8 Å². The zero-order valence-electron chi connectivity index (χ0n) is 12.2. The standard InChI is InChI=1S/C15H23NO3/c1-5-11-19-13-9-7-12(8-10-13)16-14(17)15(3,6-2)18-4/h7-10H,5-6,11H2,1-4H3,(H,16,17)/t15-/m0/s1. The molecule has 0 aliphatic carbocycles. The lowest BCUT2D eigenvalue weighted by molar-refractivity contribution is -0.136. The van der Waals surface area contributed by atoms with Gasteiger partial charge in [-0.25, -0.2) is 0 Å². The highest BCUT2D eigenvalue weighted by Gasteiger charge is 2.30. The maximum atomic E-state index is 12.1. The predicted molar refractivity (Wildman–Crippen MR) is 76.6 cm³/mol. The summed E-state index contributed by atoms with van der Waals surface area (Å²) in [7, 11) is 1.55. The maximum Gasteiger partial charge on any atom is 0.256 e. The molecule has 4 nitrogen and oxygen atoms in total. The van der Waals surface area contributed by atoms with Gasteiger partial charge in [-0.1, -0.05) is 13.8 Å². The molecule has 0 aliphatic heterocycles. The monoisotopic (exact) mass is 265 g/mol. The summed E-state index contributed by atoms with van der Waals surface area (Å²) in [6, 6.07) is 7.35. The lowest BCUT2D eigenvalue weighted by atomic mass is 10.0. The second kappa shape index (κ2) is 7.14. The fourth-order valence-electron chi connectivity index (χ4n) is 1.52. The summed E-state index contributed by atoms with van der Waals surface area (Å²) in [5, 5.41) is 2.85. The minimum atomic E-state index is -0.794. The fourth-order valence-corrected chi connectivity index (χ4v) is 1.52. The smallest absolute Gasteiger partial charge is 0.256 e. The minimum Gasteiger partial charge on any atom is -0.494 e. The number of anilines is 1. The van der Waals surface area contributed by atoms with Crippen molar-refractivity contribution in [3.63, 3.8) is 0 Å². The molecular formula is C15H23NO3. The molecule has 0 spiro atoms.